The van der Waals surface area contributed by atoms with Gasteiger partial charge in [0.2, 0.25) is 0 Å². The molecule has 2 saturated heterocycles. The monoisotopic (exact) mass is 342 g/mol. The molecule has 0 amide bonds. The van der Waals surface area contributed by atoms with E-state index in [-0.39, 0.29) is 23.2 Å². The molecule has 25 heavy (non-hydrogen) atoms. The second-order valence-electron chi connectivity index (χ2n) is 7.73. The molecule has 0 bridgehead atoms. The SMILES string of the molecule is CC[C@@]1(CC(=O)OC)CCCN2CCC3(Nc4ccccc4C3=O)[C@@H]21. The standard InChI is InChI=1S/C20H26N2O3/c1-3-19(13-16(23)25-2)9-6-11-22-12-10-20(18(19)22)17(24)14-7-4-5-8-15(14)21-20/h4-5,7-8,18,21H,3,6,9-13H2,1-2H3/t18-,19-,20?/m0/s1. The molecule has 3 aliphatic heterocycles. The van der Waals surface area contributed by atoms with E-state index in [1.807, 2.05) is 24.3 Å². The largest absolute Gasteiger partial charge is 0.469 e. The van der Waals surface area contributed by atoms with Gasteiger partial charge >= 0.3 is 5.97 Å². The van der Waals surface area contributed by atoms with Gasteiger partial charge < -0.3 is 10.1 Å². The summed E-state index contributed by atoms with van der Waals surface area (Å²) in [6.45, 7) is 4.05. The van der Waals surface area contributed by atoms with E-state index in [2.05, 4.69) is 17.1 Å². The Hall–Kier alpha value is -1.88. The Labute approximate surface area is 148 Å². The van der Waals surface area contributed by atoms with Crippen LogP contribution in [0.4, 0.5) is 5.69 Å². The maximum absolute atomic E-state index is 13.4. The number of carbonyl (C=O) groups excluding carboxylic acids is 2. The topological polar surface area (TPSA) is 58.6 Å². The highest BCUT2D eigenvalue weighted by molar-refractivity contribution is 6.14. The maximum Gasteiger partial charge on any atom is 0.306 e. The predicted octanol–water partition coefficient (Wildman–Crippen LogP) is 2.86. The number of esters is 1. The van der Waals surface area contributed by atoms with Crippen LogP contribution < -0.4 is 5.32 Å². The highest BCUT2D eigenvalue weighted by atomic mass is 16.5. The van der Waals surface area contributed by atoms with E-state index in [1.54, 1.807) is 0 Å². The van der Waals surface area contributed by atoms with Crippen molar-refractivity contribution >= 4 is 17.4 Å². The zero-order chi connectivity index (χ0) is 17.7. The summed E-state index contributed by atoms with van der Waals surface area (Å²) in [7, 11) is 1.45. The summed E-state index contributed by atoms with van der Waals surface area (Å²) in [5.74, 6) is 0.0221. The van der Waals surface area contributed by atoms with Gasteiger partial charge in [-0.15, -0.1) is 0 Å². The molecule has 1 unspecified atom stereocenters. The molecule has 0 radical (unpaired) electrons. The summed E-state index contributed by atoms with van der Waals surface area (Å²) in [5.41, 5.74) is 0.904. The first-order chi connectivity index (χ1) is 12.1. The summed E-state index contributed by atoms with van der Waals surface area (Å²) in [6.07, 6.45) is 4.09. The Balaban J connectivity index is 1.78. The van der Waals surface area contributed by atoms with Gasteiger partial charge in [-0.3, -0.25) is 14.5 Å². The number of methoxy groups -OCH3 is 1. The highest BCUT2D eigenvalue weighted by Crippen LogP contribution is 2.54. The second kappa shape index (κ2) is 5.84. The van der Waals surface area contributed by atoms with Crippen molar-refractivity contribution in [3.63, 3.8) is 0 Å². The number of carbonyl (C=O) groups is 2. The van der Waals surface area contributed by atoms with Crippen molar-refractivity contribution in [3.8, 4) is 0 Å². The number of rotatable bonds is 3. The smallest absolute Gasteiger partial charge is 0.306 e. The number of para-hydroxylation sites is 1. The Morgan fingerprint density at radius 2 is 2.12 bits per heavy atom. The van der Waals surface area contributed by atoms with Crippen LogP contribution in [0.25, 0.3) is 0 Å². The number of fused-ring (bicyclic) bond motifs is 3. The molecule has 1 spiro atoms. The summed E-state index contributed by atoms with van der Waals surface area (Å²) in [6, 6.07) is 7.83. The van der Waals surface area contributed by atoms with Crippen molar-refractivity contribution in [2.24, 2.45) is 5.41 Å². The first kappa shape index (κ1) is 16.6. The third-order valence-corrected chi connectivity index (χ3v) is 6.69. The molecule has 1 N–H and O–H groups in total. The lowest BCUT2D eigenvalue weighted by Crippen LogP contribution is -2.63. The molecule has 0 saturated carbocycles. The number of hydrogen-bond acceptors (Lipinski definition) is 5. The lowest BCUT2D eigenvalue weighted by molar-refractivity contribution is -0.146. The van der Waals surface area contributed by atoms with E-state index in [1.165, 1.54) is 7.11 Å². The number of anilines is 1. The Kier molecular flexibility index (Phi) is 3.87. The lowest BCUT2D eigenvalue weighted by Gasteiger charge is -2.51. The van der Waals surface area contributed by atoms with E-state index < -0.39 is 5.54 Å². The van der Waals surface area contributed by atoms with Crippen molar-refractivity contribution < 1.29 is 14.3 Å². The average Bonchev–Trinajstić information content (AvgIpc) is 3.15. The van der Waals surface area contributed by atoms with Crippen LogP contribution >= 0.6 is 0 Å². The van der Waals surface area contributed by atoms with Gasteiger partial charge in [-0.05, 0) is 49.8 Å². The number of nitrogens with zero attached hydrogens (tertiary/aromatic N) is 1. The molecule has 134 valence electrons. The summed E-state index contributed by atoms with van der Waals surface area (Å²) < 4.78 is 5.01. The van der Waals surface area contributed by atoms with Gasteiger partial charge in [-0.2, -0.15) is 0 Å². The maximum atomic E-state index is 13.4. The fourth-order valence-corrected chi connectivity index (χ4v) is 5.56. The number of ether oxygens (including phenoxy) is 1. The predicted molar refractivity (Wildman–Crippen MR) is 95.7 cm³/mol. The minimum atomic E-state index is -0.603. The van der Waals surface area contributed by atoms with Crippen LogP contribution in [0.3, 0.4) is 0 Å². The average molecular weight is 342 g/mol. The number of piperidine rings is 1. The number of ketones is 1. The molecule has 4 rings (SSSR count). The normalized spacial score (nSPS) is 33.8. The Morgan fingerprint density at radius 3 is 2.84 bits per heavy atom. The molecule has 5 heteroatoms. The molecule has 3 aliphatic rings. The van der Waals surface area contributed by atoms with E-state index in [0.29, 0.717) is 6.42 Å². The first-order valence-corrected chi connectivity index (χ1v) is 9.29. The van der Waals surface area contributed by atoms with Gasteiger partial charge in [-0.1, -0.05) is 19.1 Å². The van der Waals surface area contributed by atoms with Crippen molar-refractivity contribution in [1.82, 2.24) is 4.90 Å². The van der Waals surface area contributed by atoms with Crippen molar-refractivity contribution in [2.45, 2.75) is 50.6 Å². The van der Waals surface area contributed by atoms with Crippen molar-refractivity contribution in [2.75, 3.05) is 25.5 Å². The van der Waals surface area contributed by atoms with E-state index in [9.17, 15) is 9.59 Å². The Morgan fingerprint density at radius 1 is 1.32 bits per heavy atom. The molecule has 1 aromatic carbocycles. The van der Waals surface area contributed by atoms with Gasteiger partial charge in [0.1, 0.15) is 5.54 Å². The number of benzene rings is 1. The molecule has 3 heterocycles. The fraction of sp³-hybridized carbons (Fsp3) is 0.600. The van der Waals surface area contributed by atoms with Crippen LogP contribution in [0.5, 0.6) is 0 Å². The summed E-state index contributed by atoms with van der Waals surface area (Å²) in [4.78, 5) is 28.1. The molecular formula is C20H26N2O3. The van der Waals surface area contributed by atoms with E-state index in [4.69, 9.17) is 4.74 Å². The number of hydrogen-bond donors (Lipinski definition) is 1. The van der Waals surface area contributed by atoms with E-state index in [0.717, 1.165) is 50.0 Å². The quantitative estimate of drug-likeness (QED) is 0.856. The van der Waals surface area contributed by atoms with Crippen LogP contribution in [-0.2, 0) is 9.53 Å². The third-order valence-electron chi connectivity index (χ3n) is 6.69. The minimum Gasteiger partial charge on any atom is -0.469 e. The minimum absolute atomic E-state index is 0.0396. The molecule has 0 aromatic heterocycles. The molecule has 3 atom stereocenters. The van der Waals surface area contributed by atoms with Crippen molar-refractivity contribution in [3.05, 3.63) is 29.8 Å². The Bertz CT molecular complexity index is 719. The highest BCUT2D eigenvalue weighted by Gasteiger charge is 2.63. The van der Waals surface area contributed by atoms with Crippen molar-refractivity contribution in [1.29, 1.82) is 0 Å². The lowest BCUT2D eigenvalue weighted by atomic mass is 9.63. The van der Waals surface area contributed by atoms with E-state index >= 15 is 0 Å². The van der Waals surface area contributed by atoms with Crippen LogP contribution in [0.2, 0.25) is 0 Å². The zero-order valence-electron chi connectivity index (χ0n) is 15.0. The van der Waals surface area contributed by atoms with Gasteiger partial charge in [0, 0.05) is 23.8 Å². The molecule has 5 nitrogen and oxygen atoms in total. The van der Waals surface area contributed by atoms with Crippen LogP contribution in [0.15, 0.2) is 24.3 Å². The first-order valence-electron chi connectivity index (χ1n) is 9.29. The third kappa shape index (κ3) is 2.25. The van der Waals surface area contributed by atoms with Gasteiger partial charge in [-0.25, -0.2) is 0 Å². The van der Waals surface area contributed by atoms with Gasteiger partial charge in [0.25, 0.3) is 0 Å². The van der Waals surface area contributed by atoms with Crippen LogP contribution in [0, 0.1) is 5.41 Å². The number of nitrogens with one attached hydrogen (secondary N) is 1. The van der Waals surface area contributed by atoms with Crippen LogP contribution in [-0.4, -0.2) is 48.4 Å². The number of Topliss-reactive ketones (excluding diaryl/α,β-unsaturated/α-hetero) is 1. The molecule has 1 aromatic rings. The fourth-order valence-electron chi connectivity index (χ4n) is 5.56. The second-order valence-corrected chi connectivity index (χ2v) is 7.73. The zero-order valence-corrected chi connectivity index (χ0v) is 15.0. The van der Waals surface area contributed by atoms with Gasteiger partial charge in [0.15, 0.2) is 5.78 Å². The van der Waals surface area contributed by atoms with Crippen LogP contribution in [0.1, 0.15) is 49.4 Å². The summed E-state index contributed by atoms with van der Waals surface area (Å²) >= 11 is 0. The molecule has 2 fully saturated rings. The molecule has 0 aliphatic carbocycles. The summed E-state index contributed by atoms with van der Waals surface area (Å²) in [5, 5.41) is 3.60. The van der Waals surface area contributed by atoms with Gasteiger partial charge in [0.05, 0.1) is 13.5 Å². The molecular weight excluding hydrogens is 316 g/mol.